The summed E-state index contributed by atoms with van der Waals surface area (Å²) in [7, 11) is 0. The SMILES string of the molecule is CCNC(=NCCNc1nc2ccccc2s1)NC1CCN(CC(F)(F)F)C1. The molecule has 1 aliphatic heterocycles. The van der Waals surface area contributed by atoms with Crippen molar-refractivity contribution in [2.75, 3.05) is 44.6 Å². The second-order valence-corrected chi connectivity index (χ2v) is 7.69. The van der Waals surface area contributed by atoms with Crippen molar-refractivity contribution in [3.8, 4) is 0 Å². The maximum Gasteiger partial charge on any atom is 0.401 e. The van der Waals surface area contributed by atoms with E-state index in [9.17, 15) is 13.2 Å². The van der Waals surface area contributed by atoms with Gasteiger partial charge in [0.05, 0.1) is 23.3 Å². The van der Waals surface area contributed by atoms with E-state index in [1.165, 1.54) is 4.90 Å². The van der Waals surface area contributed by atoms with Gasteiger partial charge in [-0.1, -0.05) is 23.5 Å². The Morgan fingerprint density at radius 3 is 2.93 bits per heavy atom. The second-order valence-electron chi connectivity index (χ2n) is 6.65. The highest BCUT2D eigenvalue weighted by atomic mass is 32.1. The molecule has 1 saturated heterocycles. The number of fused-ring (bicyclic) bond motifs is 1. The predicted octanol–water partition coefficient (Wildman–Crippen LogP) is 2.90. The average molecular weight is 415 g/mol. The van der Waals surface area contributed by atoms with Crippen LogP contribution in [0.3, 0.4) is 0 Å². The highest BCUT2D eigenvalue weighted by Gasteiger charge is 2.34. The number of nitrogens with one attached hydrogen (secondary N) is 3. The topological polar surface area (TPSA) is 64.6 Å². The van der Waals surface area contributed by atoms with Crippen LogP contribution in [0.25, 0.3) is 10.2 Å². The van der Waals surface area contributed by atoms with Crippen molar-refractivity contribution in [3.05, 3.63) is 24.3 Å². The van der Waals surface area contributed by atoms with Crippen LogP contribution >= 0.6 is 11.3 Å². The molecule has 1 fully saturated rings. The molecule has 0 bridgehead atoms. The van der Waals surface area contributed by atoms with Gasteiger partial charge in [0.15, 0.2) is 11.1 Å². The minimum Gasteiger partial charge on any atom is -0.360 e. The van der Waals surface area contributed by atoms with Crippen molar-refractivity contribution < 1.29 is 13.2 Å². The molecule has 0 spiro atoms. The summed E-state index contributed by atoms with van der Waals surface area (Å²) in [6, 6.07) is 7.93. The zero-order chi connectivity index (χ0) is 20.0. The third kappa shape index (κ3) is 6.23. The van der Waals surface area contributed by atoms with Gasteiger partial charge >= 0.3 is 6.18 Å². The summed E-state index contributed by atoms with van der Waals surface area (Å²) in [5, 5.41) is 10.5. The lowest BCUT2D eigenvalue weighted by atomic mass is 10.3. The molecule has 0 amide bonds. The van der Waals surface area contributed by atoms with Gasteiger partial charge in [-0.05, 0) is 25.5 Å². The van der Waals surface area contributed by atoms with Gasteiger partial charge in [0, 0.05) is 32.2 Å². The summed E-state index contributed by atoms with van der Waals surface area (Å²) in [4.78, 5) is 10.5. The van der Waals surface area contributed by atoms with E-state index in [1.807, 2.05) is 31.2 Å². The average Bonchev–Trinajstić information content (AvgIpc) is 3.23. The van der Waals surface area contributed by atoms with E-state index in [4.69, 9.17) is 0 Å². The first-order valence-electron chi connectivity index (χ1n) is 9.36. The van der Waals surface area contributed by atoms with E-state index in [0.29, 0.717) is 45.1 Å². The number of thiazole rings is 1. The number of aromatic nitrogens is 1. The quantitative estimate of drug-likeness (QED) is 0.369. The number of halogens is 3. The molecule has 154 valence electrons. The van der Waals surface area contributed by atoms with Crippen molar-refractivity contribution in [1.29, 1.82) is 0 Å². The van der Waals surface area contributed by atoms with Crippen molar-refractivity contribution in [2.45, 2.75) is 25.6 Å². The van der Waals surface area contributed by atoms with Crippen LogP contribution in [0.1, 0.15) is 13.3 Å². The molecule has 1 aromatic carbocycles. The first kappa shape index (κ1) is 20.7. The Morgan fingerprint density at radius 2 is 2.18 bits per heavy atom. The van der Waals surface area contributed by atoms with E-state index < -0.39 is 12.7 Å². The molecule has 28 heavy (non-hydrogen) atoms. The largest absolute Gasteiger partial charge is 0.401 e. The van der Waals surface area contributed by atoms with Gasteiger partial charge < -0.3 is 16.0 Å². The molecule has 6 nitrogen and oxygen atoms in total. The van der Waals surface area contributed by atoms with Crippen LogP contribution in [0.15, 0.2) is 29.3 Å². The molecule has 0 radical (unpaired) electrons. The molecule has 3 N–H and O–H groups in total. The highest BCUT2D eigenvalue weighted by molar-refractivity contribution is 7.22. The fourth-order valence-electron chi connectivity index (χ4n) is 3.14. The number of hydrogen-bond donors (Lipinski definition) is 3. The zero-order valence-corrected chi connectivity index (χ0v) is 16.5. The van der Waals surface area contributed by atoms with Crippen molar-refractivity contribution >= 4 is 32.6 Å². The smallest absolute Gasteiger partial charge is 0.360 e. The number of nitrogens with zero attached hydrogens (tertiary/aromatic N) is 3. The molecule has 0 saturated carbocycles. The van der Waals surface area contributed by atoms with Crippen LogP contribution in [-0.2, 0) is 0 Å². The number of hydrogen-bond acceptors (Lipinski definition) is 5. The minimum atomic E-state index is -4.15. The van der Waals surface area contributed by atoms with Crippen LogP contribution in [0, 0.1) is 0 Å². The number of alkyl halides is 3. The van der Waals surface area contributed by atoms with E-state index >= 15 is 0 Å². The van der Waals surface area contributed by atoms with Crippen molar-refractivity contribution in [1.82, 2.24) is 20.5 Å². The molecule has 0 aliphatic carbocycles. The summed E-state index contributed by atoms with van der Waals surface area (Å²) in [6.07, 6.45) is -3.48. The van der Waals surface area contributed by atoms with E-state index in [2.05, 4.69) is 25.9 Å². The Balaban J connectivity index is 1.46. The Morgan fingerprint density at radius 1 is 1.36 bits per heavy atom. The number of likely N-dealkylation sites (tertiary alicyclic amines) is 1. The molecule has 1 aromatic heterocycles. The molecule has 1 unspecified atom stereocenters. The summed E-state index contributed by atoms with van der Waals surface area (Å²) >= 11 is 1.60. The van der Waals surface area contributed by atoms with Gasteiger partial charge in [0.25, 0.3) is 0 Å². The number of aliphatic imine (C=N–C) groups is 1. The van der Waals surface area contributed by atoms with Crippen LogP contribution in [0.4, 0.5) is 18.3 Å². The summed E-state index contributed by atoms with van der Waals surface area (Å²) in [6.45, 7) is 3.76. The lowest BCUT2D eigenvalue weighted by Gasteiger charge is -2.19. The number of guanidine groups is 1. The maximum atomic E-state index is 12.5. The normalized spacial score (nSPS) is 18.6. The lowest BCUT2D eigenvalue weighted by molar-refractivity contribution is -0.143. The van der Waals surface area contributed by atoms with Gasteiger partial charge in [-0.15, -0.1) is 0 Å². The van der Waals surface area contributed by atoms with E-state index in [0.717, 1.165) is 15.3 Å². The Hall–Kier alpha value is -2.07. The van der Waals surface area contributed by atoms with Gasteiger partial charge in [-0.25, -0.2) is 4.98 Å². The second kappa shape index (κ2) is 9.42. The predicted molar refractivity (Wildman–Crippen MR) is 108 cm³/mol. The molecule has 3 rings (SSSR count). The third-order valence-electron chi connectivity index (χ3n) is 4.31. The number of anilines is 1. The molecular weight excluding hydrogens is 389 g/mol. The lowest BCUT2D eigenvalue weighted by Crippen LogP contribution is -2.45. The molecule has 10 heteroatoms. The molecule has 2 aromatic rings. The number of benzene rings is 1. The summed E-state index contributed by atoms with van der Waals surface area (Å²) < 4.78 is 38.7. The zero-order valence-electron chi connectivity index (χ0n) is 15.7. The number of para-hydroxylation sites is 1. The van der Waals surface area contributed by atoms with Crippen LogP contribution < -0.4 is 16.0 Å². The van der Waals surface area contributed by atoms with Gasteiger partial charge in [-0.3, -0.25) is 9.89 Å². The van der Waals surface area contributed by atoms with Crippen molar-refractivity contribution in [3.63, 3.8) is 0 Å². The van der Waals surface area contributed by atoms with Crippen LogP contribution in [0.5, 0.6) is 0 Å². The first-order valence-corrected chi connectivity index (χ1v) is 10.2. The Kier molecular flexibility index (Phi) is 6.95. The molecule has 1 atom stereocenters. The van der Waals surface area contributed by atoms with E-state index in [-0.39, 0.29) is 6.04 Å². The van der Waals surface area contributed by atoms with Crippen LogP contribution in [-0.4, -0.2) is 67.3 Å². The number of rotatable bonds is 7. The minimum absolute atomic E-state index is 0.0302. The van der Waals surface area contributed by atoms with Crippen molar-refractivity contribution in [2.24, 2.45) is 4.99 Å². The molecule has 1 aliphatic rings. The van der Waals surface area contributed by atoms with Gasteiger partial charge in [0.1, 0.15) is 0 Å². The fraction of sp³-hybridized carbons (Fsp3) is 0.556. The fourth-order valence-corrected chi connectivity index (χ4v) is 4.03. The third-order valence-corrected chi connectivity index (χ3v) is 5.31. The first-order chi connectivity index (χ1) is 13.4. The van der Waals surface area contributed by atoms with Gasteiger partial charge in [-0.2, -0.15) is 13.2 Å². The molecule has 2 heterocycles. The monoisotopic (exact) mass is 414 g/mol. The standard InChI is InChI=1S/C18H25F3N6S/c1-2-22-16(25-13-7-10-27(11-13)12-18(19,20)21)23-8-9-24-17-26-14-5-3-4-6-15(14)28-17/h3-6,13H,2,7-12H2,1H3,(H,24,26)(H2,22,23,25). The Bertz CT molecular complexity index is 758. The summed E-state index contributed by atoms with van der Waals surface area (Å²) in [5.74, 6) is 0.632. The summed E-state index contributed by atoms with van der Waals surface area (Å²) in [5.41, 5.74) is 0.971. The highest BCUT2D eigenvalue weighted by Crippen LogP contribution is 2.25. The maximum absolute atomic E-state index is 12.5. The van der Waals surface area contributed by atoms with Crippen LogP contribution in [0.2, 0.25) is 0 Å². The van der Waals surface area contributed by atoms with Gasteiger partial charge in [0.2, 0.25) is 0 Å². The molecular formula is C18H25F3N6S. The Labute approximate surface area is 166 Å². The van der Waals surface area contributed by atoms with E-state index in [1.54, 1.807) is 11.3 Å².